The van der Waals surface area contributed by atoms with Gasteiger partial charge in [-0.25, -0.2) is 8.78 Å². The number of allylic oxidation sites excluding steroid dienone is 2. The number of carbonyl (C=O) groups excluding carboxylic acids is 1. The number of nitrogens with zero attached hydrogens (tertiary/aromatic N) is 1. The Morgan fingerprint density at radius 1 is 1.45 bits per heavy atom. The standard InChI is InChI=1S/C19H16ClF4NO4S2/c1-8-10(5-15(26)27)11-4-14(29-2)12(20)6-13(11)25(8)17(28)9-3-16(30-7-9)31-19(23,24)18(21)22/h3-4,7,13,18H,5-6H2,1-2H3,(H,26,27). The molecule has 12 heteroatoms. The van der Waals surface area contributed by atoms with Crippen LogP contribution in [0.1, 0.15) is 30.1 Å². The van der Waals surface area contributed by atoms with Gasteiger partial charge in [0.25, 0.3) is 5.91 Å². The molecule has 3 rings (SSSR count). The number of carbonyl (C=O) groups is 2. The molecule has 1 amide bonds. The Kier molecular flexibility index (Phi) is 6.78. The van der Waals surface area contributed by atoms with Crippen LogP contribution in [0.25, 0.3) is 0 Å². The van der Waals surface area contributed by atoms with Gasteiger partial charge in [-0.1, -0.05) is 11.6 Å². The van der Waals surface area contributed by atoms with Crippen molar-refractivity contribution < 1.29 is 37.0 Å². The lowest BCUT2D eigenvalue weighted by Crippen LogP contribution is -2.37. The average molecular weight is 498 g/mol. The van der Waals surface area contributed by atoms with Gasteiger partial charge in [0.05, 0.1) is 34.4 Å². The zero-order valence-corrected chi connectivity index (χ0v) is 18.5. The van der Waals surface area contributed by atoms with Gasteiger partial charge in [-0.2, -0.15) is 8.78 Å². The van der Waals surface area contributed by atoms with Crippen molar-refractivity contribution in [2.45, 2.75) is 41.7 Å². The summed E-state index contributed by atoms with van der Waals surface area (Å²) in [6.07, 6.45) is -2.42. The van der Waals surface area contributed by atoms with Crippen LogP contribution in [0.4, 0.5) is 17.6 Å². The molecule has 0 spiro atoms. The molecule has 168 valence electrons. The summed E-state index contributed by atoms with van der Waals surface area (Å²) in [5.74, 6) is -1.30. The van der Waals surface area contributed by atoms with E-state index in [1.54, 1.807) is 13.0 Å². The van der Waals surface area contributed by atoms with Crippen LogP contribution in [0.3, 0.4) is 0 Å². The van der Waals surface area contributed by atoms with E-state index in [0.29, 0.717) is 27.6 Å². The fraction of sp³-hybridized carbons (Fsp3) is 0.368. The Balaban J connectivity index is 1.94. The Morgan fingerprint density at radius 3 is 2.71 bits per heavy atom. The van der Waals surface area contributed by atoms with Crippen molar-refractivity contribution in [1.29, 1.82) is 0 Å². The Hall–Kier alpha value is -1.98. The maximum atomic E-state index is 13.3. The van der Waals surface area contributed by atoms with Gasteiger partial charge in [0.15, 0.2) is 0 Å². The number of rotatable bonds is 7. The highest BCUT2D eigenvalue weighted by atomic mass is 35.5. The summed E-state index contributed by atoms with van der Waals surface area (Å²) in [6.45, 7) is 1.59. The molecule has 0 fully saturated rings. The monoisotopic (exact) mass is 497 g/mol. The quantitative estimate of drug-likeness (QED) is 0.387. The number of halogens is 5. The van der Waals surface area contributed by atoms with E-state index in [4.69, 9.17) is 16.3 Å². The Bertz CT molecular complexity index is 1020. The predicted octanol–water partition coefficient (Wildman–Crippen LogP) is 5.70. The molecule has 0 radical (unpaired) electrons. The number of carboxylic acid groups (broad SMARTS) is 1. The summed E-state index contributed by atoms with van der Waals surface area (Å²) in [4.78, 5) is 25.9. The zero-order chi connectivity index (χ0) is 23.1. The van der Waals surface area contributed by atoms with Crippen molar-refractivity contribution in [3.63, 3.8) is 0 Å². The molecule has 1 aliphatic carbocycles. The number of carboxylic acids is 1. The molecule has 1 unspecified atom stereocenters. The molecule has 31 heavy (non-hydrogen) atoms. The van der Waals surface area contributed by atoms with Crippen LogP contribution in [0.5, 0.6) is 0 Å². The molecule has 1 aromatic rings. The van der Waals surface area contributed by atoms with Gasteiger partial charge in [0, 0.05) is 17.5 Å². The van der Waals surface area contributed by atoms with Crippen LogP contribution >= 0.6 is 34.7 Å². The van der Waals surface area contributed by atoms with Gasteiger partial charge in [-0.15, -0.1) is 11.3 Å². The molecule has 2 aliphatic rings. The van der Waals surface area contributed by atoms with E-state index in [1.807, 2.05) is 0 Å². The average Bonchev–Trinajstić information content (AvgIpc) is 3.23. The first-order valence-electron chi connectivity index (χ1n) is 8.79. The Labute approximate surface area is 188 Å². The second kappa shape index (κ2) is 8.87. The highest BCUT2D eigenvalue weighted by Gasteiger charge is 2.44. The van der Waals surface area contributed by atoms with E-state index in [0.717, 1.165) is 17.4 Å². The number of ether oxygens (including phenoxy) is 1. The van der Waals surface area contributed by atoms with E-state index in [-0.39, 0.29) is 34.4 Å². The van der Waals surface area contributed by atoms with E-state index in [1.165, 1.54) is 17.4 Å². The number of hydrogen-bond donors (Lipinski definition) is 1. The van der Waals surface area contributed by atoms with E-state index < -0.39 is 29.6 Å². The zero-order valence-electron chi connectivity index (χ0n) is 16.1. The third-order valence-corrected chi connectivity index (χ3v) is 7.19. The summed E-state index contributed by atoms with van der Waals surface area (Å²) >= 11 is 6.69. The van der Waals surface area contributed by atoms with Crippen molar-refractivity contribution in [2.24, 2.45) is 0 Å². The summed E-state index contributed by atoms with van der Waals surface area (Å²) in [5.41, 5.74) is 1.43. The molecule has 0 aromatic carbocycles. The summed E-state index contributed by atoms with van der Waals surface area (Å²) < 4.78 is 56.7. The van der Waals surface area contributed by atoms with Gasteiger partial charge in [-0.05, 0) is 42.0 Å². The number of thiophene rings is 1. The topological polar surface area (TPSA) is 66.8 Å². The SMILES string of the molecule is COC1=C(Cl)CC2C(=C1)C(CC(=O)O)=C(C)N2C(=O)c1csc(SC(F)(F)C(F)F)c1. The molecular weight excluding hydrogens is 482 g/mol. The lowest BCUT2D eigenvalue weighted by molar-refractivity contribution is -0.136. The molecule has 1 N–H and O–H groups in total. The normalized spacial score (nSPS) is 19.2. The number of alkyl halides is 4. The molecule has 5 nitrogen and oxygen atoms in total. The Morgan fingerprint density at radius 2 is 2.13 bits per heavy atom. The second-order valence-corrected chi connectivity index (χ2v) is 9.54. The first-order valence-corrected chi connectivity index (χ1v) is 10.9. The number of hydrogen-bond acceptors (Lipinski definition) is 5. The van der Waals surface area contributed by atoms with E-state index in [2.05, 4.69) is 0 Å². The maximum absolute atomic E-state index is 13.3. The summed E-state index contributed by atoms with van der Waals surface area (Å²) in [5, 5.41) is 6.66. The second-order valence-electron chi connectivity index (χ2n) is 6.72. The van der Waals surface area contributed by atoms with Gasteiger partial charge in [0.2, 0.25) is 0 Å². The van der Waals surface area contributed by atoms with Crippen molar-refractivity contribution in [1.82, 2.24) is 4.90 Å². The molecule has 2 heterocycles. The third kappa shape index (κ3) is 4.63. The highest BCUT2D eigenvalue weighted by Crippen LogP contribution is 2.46. The molecule has 1 aromatic heterocycles. The van der Waals surface area contributed by atoms with Gasteiger partial charge >= 0.3 is 17.6 Å². The maximum Gasteiger partial charge on any atom is 0.358 e. The predicted molar refractivity (Wildman–Crippen MR) is 109 cm³/mol. The lowest BCUT2D eigenvalue weighted by atomic mass is 9.92. The lowest BCUT2D eigenvalue weighted by Gasteiger charge is -2.29. The van der Waals surface area contributed by atoms with Crippen LogP contribution in [0.15, 0.2) is 49.4 Å². The van der Waals surface area contributed by atoms with Crippen LogP contribution in [0, 0.1) is 0 Å². The number of fused-ring (bicyclic) bond motifs is 1. The van der Waals surface area contributed by atoms with Crippen LogP contribution in [0.2, 0.25) is 0 Å². The number of aliphatic carboxylic acids is 1. The molecule has 1 atom stereocenters. The van der Waals surface area contributed by atoms with Crippen molar-refractivity contribution in [2.75, 3.05) is 7.11 Å². The highest BCUT2D eigenvalue weighted by molar-refractivity contribution is 8.02. The van der Waals surface area contributed by atoms with Crippen molar-refractivity contribution in [3.8, 4) is 0 Å². The van der Waals surface area contributed by atoms with Crippen LogP contribution in [-0.4, -0.2) is 46.7 Å². The molecule has 1 aliphatic heterocycles. The molecule has 0 bridgehead atoms. The fourth-order valence-electron chi connectivity index (χ4n) is 3.45. The first-order chi connectivity index (χ1) is 14.5. The largest absolute Gasteiger partial charge is 0.496 e. The number of thioether (sulfide) groups is 1. The minimum Gasteiger partial charge on any atom is -0.496 e. The fourth-order valence-corrected chi connectivity index (χ4v) is 5.55. The summed E-state index contributed by atoms with van der Waals surface area (Å²) in [6, 6.07) is 0.535. The minimum atomic E-state index is -4.28. The van der Waals surface area contributed by atoms with Gasteiger partial charge in [-0.3, -0.25) is 9.59 Å². The summed E-state index contributed by atoms with van der Waals surface area (Å²) in [7, 11) is 1.42. The third-order valence-electron chi connectivity index (χ3n) is 4.82. The van der Waals surface area contributed by atoms with Crippen molar-refractivity contribution in [3.05, 3.63) is 50.7 Å². The van der Waals surface area contributed by atoms with Crippen LogP contribution in [-0.2, 0) is 9.53 Å². The number of methoxy groups -OCH3 is 1. The first kappa shape index (κ1) is 23.7. The van der Waals surface area contributed by atoms with Crippen LogP contribution < -0.4 is 0 Å². The van der Waals surface area contributed by atoms with E-state index in [9.17, 15) is 32.3 Å². The minimum absolute atomic E-state index is 0.0329. The molecule has 0 saturated carbocycles. The van der Waals surface area contributed by atoms with Gasteiger partial charge < -0.3 is 14.7 Å². The number of amides is 1. The van der Waals surface area contributed by atoms with Crippen molar-refractivity contribution >= 4 is 46.6 Å². The van der Waals surface area contributed by atoms with E-state index >= 15 is 0 Å². The molecule has 0 saturated heterocycles. The molecular formula is C19H16ClF4NO4S2. The smallest absolute Gasteiger partial charge is 0.358 e. The van der Waals surface area contributed by atoms with Gasteiger partial charge in [0.1, 0.15) is 5.76 Å².